The Bertz CT molecular complexity index is 1300. The van der Waals surface area contributed by atoms with Crippen molar-refractivity contribution in [3.05, 3.63) is 75.8 Å². The predicted molar refractivity (Wildman–Crippen MR) is 149 cm³/mol. The maximum Gasteiger partial charge on any atom is 0.258 e. The van der Waals surface area contributed by atoms with E-state index in [0.717, 1.165) is 29.3 Å². The largest absolute Gasteiger partial charge is 0.354 e. The summed E-state index contributed by atoms with van der Waals surface area (Å²) in [5.41, 5.74) is 2.16. The van der Waals surface area contributed by atoms with Gasteiger partial charge in [-0.25, -0.2) is 0 Å². The Balaban J connectivity index is 1.47. The molecule has 3 aromatic rings. The van der Waals surface area contributed by atoms with Gasteiger partial charge >= 0.3 is 0 Å². The van der Waals surface area contributed by atoms with Crippen LogP contribution in [0.5, 0.6) is 0 Å². The molecule has 1 aliphatic heterocycles. The molecule has 0 saturated carbocycles. The van der Waals surface area contributed by atoms with Crippen LogP contribution in [0.2, 0.25) is 10.0 Å². The van der Waals surface area contributed by atoms with Gasteiger partial charge < -0.3 is 15.1 Å². The van der Waals surface area contributed by atoms with Gasteiger partial charge in [-0.2, -0.15) is 0 Å². The normalized spacial score (nSPS) is 13.2. The average Bonchev–Trinajstić information content (AvgIpc) is 3.16. The molecular weight excluding hydrogens is 509 g/mol. The number of hydrogen-bond acceptors (Lipinski definition) is 3. The number of nitrogens with one attached hydrogen (secondary N) is 1. The van der Waals surface area contributed by atoms with Crippen molar-refractivity contribution in [3.8, 4) is 0 Å². The Hall–Kier alpha value is -3.09. The van der Waals surface area contributed by atoms with Crippen LogP contribution in [0.4, 0.5) is 5.69 Å². The number of hydrogen-bond donors (Lipinski definition) is 1. The van der Waals surface area contributed by atoms with E-state index in [0.29, 0.717) is 40.7 Å². The number of anilines is 1. The van der Waals surface area contributed by atoms with Crippen molar-refractivity contribution < 1.29 is 14.4 Å². The van der Waals surface area contributed by atoms with Gasteiger partial charge in [-0.05, 0) is 49.4 Å². The van der Waals surface area contributed by atoms with E-state index < -0.39 is 6.04 Å². The number of carbonyl (C=O) groups is 3. The van der Waals surface area contributed by atoms with Gasteiger partial charge in [0.25, 0.3) is 5.91 Å². The summed E-state index contributed by atoms with van der Waals surface area (Å²) in [5.74, 6) is -0.471. The van der Waals surface area contributed by atoms with Gasteiger partial charge in [0.1, 0.15) is 6.04 Å². The molecule has 0 spiro atoms. The number of amides is 3. The maximum absolute atomic E-state index is 13.5. The van der Waals surface area contributed by atoms with Gasteiger partial charge in [0.2, 0.25) is 11.8 Å². The van der Waals surface area contributed by atoms with E-state index >= 15 is 0 Å². The minimum absolute atomic E-state index is 0.0531. The fourth-order valence-corrected chi connectivity index (χ4v) is 5.22. The van der Waals surface area contributed by atoms with Crippen molar-refractivity contribution in [2.75, 3.05) is 18.0 Å². The Labute approximate surface area is 227 Å². The zero-order valence-corrected chi connectivity index (χ0v) is 22.6. The quantitative estimate of drug-likeness (QED) is 0.294. The lowest BCUT2D eigenvalue weighted by molar-refractivity contribution is -0.140. The second-order valence-corrected chi connectivity index (χ2v) is 10.1. The number of carbonyl (C=O) groups excluding carboxylic acids is 3. The van der Waals surface area contributed by atoms with Crippen LogP contribution in [0.3, 0.4) is 0 Å². The van der Waals surface area contributed by atoms with Gasteiger partial charge in [0.15, 0.2) is 0 Å². The highest BCUT2D eigenvalue weighted by atomic mass is 35.5. The van der Waals surface area contributed by atoms with Crippen molar-refractivity contribution in [1.29, 1.82) is 0 Å². The van der Waals surface area contributed by atoms with E-state index in [1.54, 1.807) is 30.0 Å². The zero-order chi connectivity index (χ0) is 26.5. The minimum Gasteiger partial charge on any atom is -0.354 e. The second-order valence-electron chi connectivity index (χ2n) is 9.28. The van der Waals surface area contributed by atoms with Gasteiger partial charge in [-0.1, -0.05) is 66.9 Å². The molecule has 1 N–H and O–H groups in total. The van der Waals surface area contributed by atoms with Crippen LogP contribution in [-0.2, 0) is 16.1 Å². The van der Waals surface area contributed by atoms with Crippen molar-refractivity contribution >= 4 is 57.4 Å². The number of halogens is 2. The molecule has 1 aliphatic rings. The summed E-state index contributed by atoms with van der Waals surface area (Å²) in [5, 5.41) is 5.77. The number of nitrogens with zero attached hydrogens (tertiary/aromatic N) is 2. The van der Waals surface area contributed by atoms with Gasteiger partial charge in [0, 0.05) is 52.6 Å². The van der Waals surface area contributed by atoms with E-state index in [4.69, 9.17) is 23.2 Å². The molecule has 8 heteroatoms. The van der Waals surface area contributed by atoms with E-state index in [2.05, 4.69) is 12.2 Å². The standard InChI is InChI=1S/C29H31Cl2N3O3/c1-3-4-16-32-28(36)19(2)34(18-22-23(30)12-7-13-24(22)31)26(35)15-8-17-33-25-14-6-10-20-9-5-11-21(27(20)25)29(33)37/h5-7,9-14,19H,3-4,8,15-18H2,1-2H3,(H,32,36)/t19-/m1/s1. The average molecular weight is 540 g/mol. The van der Waals surface area contributed by atoms with Gasteiger partial charge in [-0.15, -0.1) is 0 Å². The Kier molecular flexibility index (Phi) is 8.72. The molecule has 0 saturated heterocycles. The third kappa shape index (κ3) is 5.76. The first kappa shape index (κ1) is 27.0. The summed E-state index contributed by atoms with van der Waals surface area (Å²) in [6.45, 7) is 4.83. The van der Waals surface area contributed by atoms with Crippen LogP contribution < -0.4 is 10.2 Å². The highest BCUT2D eigenvalue weighted by Crippen LogP contribution is 2.37. The van der Waals surface area contributed by atoms with E-state index in [9.17, 15) is 14.4 Å². The van der Waals surface area contributed by atoms with Crippen LogP contribution >= 0.6 is 23.2 Å². The molecule has 0 aromatic heterocycles. The summed E-state index contributed by atoms with van der Waals surface area (Å²) < 4.78 is 0. The first-order valence-electron chi connectivity index (χ1n) is 12.7. The molecule has 0 aliphatic carbocycles. The predicted octanol–water partition coefficient (Wildman–Crippen LogP) is 6.22. The van der Waals surface area contributed by atoms with Crippen molar-refractivity contribution in [2.24, 2.45) is 0 Å². The highest BCUT2D eigenvalue weighted by Gasteiger charge is 2.30. The van der Waals surface area contributed by atoms with E-state index in [1.165, 1.54) is 4.90 Å². The lowest BCUT2D eigenvalue weighted by Gasteiger charge is -2.30. The fourth-order valence-electron chi connectivity index (χ4n) is 4.71. The van der Waals surface area contributed by atoms with Gasteiger partial charge in [0.05, 0.1) is 5.69 Å². The van der Waals surface area contributed by atoms with Gasteiger partial charge in [-0.3, -0.25) is 14.4 Å². The molecular formula is C29H31Cl2N3O3. The summed E-state index contributed by atoms with van der Waals surface area (Å²) >= 11 is 12.8. The number of benzene rings is 3. The Morgan fingerprint density at radius 3 is 2.38 bits per heavy atom. The zero-order valence-electron chi connectivity index (χ0n) is 21.1. The molecule has 0 unspecified atom stereocenters. The summed E-state index contributed by atoms with van der Waals surface area (Å²) in [6.07, 6.45) is 2.44. The second kappa shape index (κ2) is 12.0. The molecule has 6 nitrogen and oxygen atoms in total. The van der Waals surface area contributed by atoms with Crippen molar-refractivity contribution in [3.63, 3.8) is 0 Å². The summed E-state index contributed by atoms with van der Waals surface area (Å²) in [7, 11) is 0. The third-order valence-corrected chi connectivity index (χ3v) is 7.52. The van der Waals surface area contributed by atoms with Crippen molar-refractivity contribution in [1.82, 2.24) is 10.2 Å². The SMILES string of the molecule is CCCCNC(=O)[C@@H](C)N(Cc1c(Cl)cccc1Cl)C(=O)CCCN1C(=O)c2cccc3cccc1c23. The number of rotatable bonds is 11. The smallest absolute Gasteiger partial charge is 0.258 e. The van der Waals surface area contributed by atoms with Crippen molar-refractivity contribution in [2.45, 2.75) is 52.1 Å². The molecule has 0 bridgehead atoms. The Morgan fingerprint density at radius 2 is 1.68 bits per heavy atom. The van der Waals surface area contributed by atoms with E-state index in [-0.39, 0.29) is 30.7 Å². The molecule has 194 valence electrons. The molecule has 3 aromatic carbocycles. The van der Waals surface area contributed by atoms with Crippen LogP contribution in [0.1, 0.15) is 55.5 Å². The van der Waals surface area contributed by atoms with E-state index in [1.807, 2.05) is 36.4 Å². The highest BCUT2D eigenvalue weighted by molar-refractivity contribution is 6.36. The molecule has 1 atom stereocenters. The van der Waals surface area contributed by atoms with Crippen LogP contribution in [0.15, 0.2) is 54.6 Å². The molecule has 37 heavy (non-hydrogen) atoms. The molecule has 3 amide bonds. The lowest BCUT2D eigenvalue weighted by atomic mass is 10.1. The van der Waals surface area contributed by atoms with Crippen LogP contribution in [0.25, 0.3) is 10.8 Å². The first-order chi connectivity index (χ1) is 17.8. The molecule has 4 rings (SSSR count). The molecule has 0 fully saturated rings. The number of unbranched alkanes of at least 4 members (excludes halogenated alkanes) is 1. The maximum atomic E-state index is 13.5. The first-order valence-corrected chi connectivity index (χ1v) is 13.4. The molecule has 1 heterocycles. The lowest BCUT2D eigenvalue weighted by Crippen LogP contribution is -2.48. The fraction of sp³-hybridized carbons (Fsp3) is 0.345. The van der Waals surface area contributed by atoms with Crippen LogP contribution in [0, 0.1) is 0 Å². The third-order valence-electron chi connectivity index (χ3n) is 6.81. The summed E-state index contributed by atoms with van der Waals surface area (Å²) in [6, 6.07) is 16.1. The topological polar surface area (TPSA) is 69.7 Å². The summed E-state index contributed by atoms with van der Waals surface area (Å²) in [4.78, 5) is 42.7. The Morgan fingerprint density at radius 1 is 1.00 bits per heavy atom. The van der Waals surface area contributed by atoms with Crippen LogP contribution in [-0.4, -0.2) is 41.8 Å². The monoisotopic (exact) mass is 539 g/mol. The molecule has 0 radical (unpaired) electrons. The minimum atomic E-state index is -0.705.